The number of amides is 1. The normalized spacial score (nSPS) is 27.1. The van der Waals surface area contributed by atoms with Crippen LogP contribution in [0.25, 0.3) is 0 Å². The summed E-state index contributed by atoms with van der Waals surface area (Å²) in [6.45, 7) is -1.05. The van der Waals surface area contributed by atoms with Gasteiger partial charge in [-0.05, 0) is 12.2 Å². The van der Waals surface area contributed by atoms with Gasteiger partial charge in [0.15, 0.2) is 11.0 Å². The number of H-pyrrole nitrogens is 1. The van der Waals surface area contributed by atoms with Crippen molar-refractivity contribution in [3.8, 4) is 0 Å². The van der Waals surface area contributed by atoms with E-state index in [-0.39, 0.29) is 10.3 Å². The number of aliphatic hydroxyl groups excluding tert-OH is 2. The maximum atomic E-state index is 11.9. The minimum absolute atomic E-state index is 0.155. The fourth-order valence-corrected chi connectivity index (χ4v) is 5.88. The molecule has 2 unspecified atom stereocenters. The summed E-state index contributed by atoms with van der Waals surface area (Å²) in [5.41, 5.74) is 4.15. The Labute approximate surface area is 188 Å². The molecule has 6 atom stereocenters. The number of carbonyl (C=O) groups is 1. The lowest BCUT2D eigenvalue weighted by atomic mass is 10.1. The average molecular weight is 557 g/mol. The summed E-state index contributed by atoms with van der Waals surface area (Å²) >= 11 is 4.95. The number of phosphoric ester groups is 1. The largest absolute Gasteiger partial charge is 0.490 e. The van der Waals surface area contributed by atoms with Gasteiger partial charge in [0.1, 0.15) is 18.3 Å². The summed E-state index contributed by atoms with van der Waals surface area (Å²) in [6, 6.07) is 0. The third-order valence-electron chi connectivity index (χ3n) is 3.84. The molecule has 1 saturated heterocycles. The van der Waals surface area contributed by atoms with Crippen molar-refractivity contribution in [1.82, 2.24) is 9.55 Å². The predicted molar refractivity (Wildman–Crippen MR) is 105 cm³/mol. The molecule has 22 heteroatoms. The van der Waals surface area contributed by atoms with Crippen LogP contribution >= 0.6 is 35.7 Å². The second-order valence-electron chi connectivity index (χ2n) is 6.40. The summed E-state index contributed by atoms with van der Waals surface area (Å²) in [5.74, 6) is -0.856. The van der Waals surface area contributed by atoms with Gasteiger partial charge in [-0.1, -0.05) is 0 Å². The molecule has 18 nitrogen and oxygen atoms in total. The van der Waals surface area contributed by atoms with E-state index in [4.69, 9.17) is 37.4 Å². The zero-order chi connectivity index (χ0) is 25.4. The molecule has 1 aliphatic rings. The third kappa shape index (κ3) is 7.95. The lowest BCUT2D eigenvalue weighted by Crippen LogP contribution is -2.34. The molecule has 1 amide bonds. The van der Waals surface area contributed by atoms with E-state index in [1.807, 2.05) is 0 Å². The van der Waals surface area contributed by atoms with E-state index in [1.165, 1.54) is 0 Å². The maximum absolute atomic E-state index is 11.9. The molecule has 0 spiro atoms. The van der Waals surface area contributed by atoms with Gasteiger partial charge >= 0.3 is 23.5 Å². The number of aromatic nitrogens is 2. The quantitative estimate of drug-likeness (QED) is 0.113. The molecule has 33 heavy (non-hydrogen) atoms. The van der Waals surface area contributed by atoms with Crippen LogP contribution in [0.3, 0.4) is 0 Å². The summed E-state index contributed by atoms with van der Waals surface area (Å²) in [7, 11) is -16.9. The molecule has 1 aromatic rings. The number of nitrogens with zero attached hydrogens (tertiary/aromatic N) is 1. The van der Waals surface area contributed by atoms with E-state index in [0.29, 0.717) is 0 Å². The number of hydrogen-bond acceptors (Lipinski definition) is 12. The Balaban J connectivity index is 2.15. The van der Waals surface area contributed by atoms with Crippen molar-refractivity contribution in [3.63, 3.8) is 0 Å². The molecule has 0 aromatic carbocycles. The van der Waals surface area contributed by atoms with Gasteiger partial charge in [-0.2, -0.15) is 8.62 Å². The van der Waals surface area contributed by atoms with Crippen molar-refractivity contribution >= 4 is 41.6 Å². The molecule has 2 heterocycles. The van der Waals surface area contributed by atoms with Crippen LogP contribution in [0, 0.1) is 4.77 Å². The molecule has 0 aliphatic carbocycles. The first-order chi connectivity index (χ1) is 14.9. The Morgan fingerprint density at radius 3 is 2.30 bits per heavy atom. The van der Waals surface area contributed by atoms with Crippen LogP contribution in [0.2, 0.25) is 0 Å². The molecule has 1 fully saturated rings. The third-order valence-corrected chi connectivity index (χ3v) is 7.95. The molecule has 188 valence electrons. The van der Waals surface area contributed by atoms with E-state index in [9.17, 15) is 38.4 Å². The first-order valence-electron chi connectivity index (χ1n) is 8.33. The molecule has 0 bridgehead atoms. The van der Waals surface area contributed by atoms with Crippen LogP contribution < -0.4 is 11.3 Å². The second kappa shape index (κ2) is 10.2. The minimum atomic E-state index is -5.76. The van der Waals surface area contributed by atoms with Gasteiger partial charge in [-0.15, -0.1) is 0 Å². The molecule has 1 aliphatic heterocycles. The van der Waals surface area contributed by atoms with Crippen LogP contribution in [0.15, 0.2) is 11.0 Å². The van der Waals surface area contributed by atoms with Gasteiger partial charge in [0.25, 0.3) is 5.56 Å². The van der Waals surface area contributed by atoms with Gasteiger partial charge < -0.3 is 40.3 Å². The Kier molecular flexibility index (Phi) is 8.71. The van der Waals surface area contributed by atoms with Crippen molar-refractivity contribution in [1.29, 1.82) is 0 Å². The van der Waals surface area contributed by atoms with Crippen LogP contribution in [0.4, 0.5) is 0 Å². The van der Waals surface area contributed by atoms with Gasteiger partial charge in [0, 0.05) is 11.8 Å². The lowest BCUT2D eigenvalue weighted by Gasteiger charge is -2.19. The van der Waals surface area contributed by atoms with Crippen LogP contribution in [-0.4, -0.2) is 70.2 Å². The molecular weight excluding hydrogens is 539 g/mol. The van der Waals surface area contributed by atoms with Gasteiger partial charge in [0.2, 0.25) is 5.91 Å². The molecule has 0 saturated carbocycles. The molecule has 2 rings (SSSR count). The molecular formula is C11H18N3O15P3S. The summed E-state index contributed by atoms with van der Waals surface area (Å²) in [5, 5.41) is 20.4. The maximum Gasteiger partial charge on any atom is 0.490 e. The number of aromatic amines is 1. The van der Waals surface area contributed by atoms with E-state index < -0.39 is 72.5 Å². The summed E-state index contributed by atoms with van der Waals surface area (Å²) in [6.07, 6.45) is -6.08. The smallest absolute Gasteiger partial charge is 0.387 e. The number of aliphatic hydroxyl groups is 2. The number of phosphoric acid groups is 3. The van der Waals surface area contributed by atoms with E-state index >= 15 is 0 Å². The lowest BCUT2D eigenvalue weighted by molar-refractivity contribution is -0.117. The number of rotatable bonds is 10. The number of nitrogens with one attached hydrogen (secondary N) is 1. The zero-order valence-electron chi connectivity index (χ0n) is 15.9. The van der Waals surface area contributed by atoms with Crippen molar-refractivity contribution in [3.05, 3.63) is 26.9 Å². The van der Waals surface area contributed by atoms with Crippen LogP contribution in [-0.2, 0) is 42.8 Å². The fourth-order valence-electron chi connectivity index (χ4n) is 2.60. The highest BCUT2D eigenvalue weighted by atomic mass is 32.1. The van der Waals surface area contributed by atoms with E-state index in [1.54, 1.807) is 0 Å². The predicted octanol–water partition coefficient (Wildman–Crippen LogP) is -2.10. The van der Waals surface area contributed by atoms with Crippen LogP contribution in [0.1, 0.15) is 11.8 Å². The fraction of sp³-hybridized carbons (Fsp3) is 0.545. The molecule has 1 aromatic heterocycles. The van der Waals surface area contributed by atoms with Gasteiger partial charge in [0.05, 0.1) is 13.0 Å². The highest BCUT2D eigenvalue weighted by Crippen LogP contribution is 2.66. The highest BCUT2D eigenvalue weighted by molar-refractivity contribution is 7.71. The van der Waals surface area contributed by atoms with Crippen molar-refractivity contribution in [2.24, 2.45) is 5.73 Å². The Hall–Kier alpha value is -1.14. The van der Waals surface area contributed by atoms with Gasteiger partial charge in [-0.25, -0.2) is 13.7 Å². The molecule has 9 N–H and O–H groups in total. The Morgan fingerprint density at radius 2 is 1.76 bits per heavy atom. The SMILES string of the molecule is NC(=O)Cc1cn([C@@H]2O[C@H](COP(=O)(O)OP(=O)(O)OP(=O)(O)O)[C@@H](O)[C@H]2O)c(=S)[nH]c1=O. The Bertz CT molecular complexity index is 1160. The molecule has 0 radical (unpaired) electrons. The second-order valence-corrected chi connectivity index (χ2v) is 11.2. The minimum Gasteiger partial charge on any atom is -0.387 e. The Morgan fingerprint density at radius 1 is 1.15 bits per heavy atom. The highest BCUT2D eigenvalue weighted by Gasteiger charge is 2.46. The number of carbonyl (C=O) groups excluding carboxylic acids is 1. The number of primary amides is 1. The summed E-state index contributed by atoms with van der Waals surface area (Å²) < 4.78 is 51.2. The average Bonchev–Trinajstić information content (AvgIpc) is 2.87. The summed E-state index contributed by atoms with van der Waals surface area (Å²) in [4.78, 5) is 60.8. The number of hydrogen-bond donors (Lipinski definition) is 8. The van der Waals surface area contributed by atoms with E-state index in [0.717, 1.165) is 10.8 Å². The van der Waals surface area contributed by atoms with Gasteiger partial charge in [-0.3, -0.25) is 23.7 Å². The van der Waals surface area contributed by atoms with Crippen molar-refractivity contribution < 1.29 is 66.2 Å². The topological polar surface area (TPSA) is 290 Å². The van der Waals surface area contributed by atoms with Crippen LogP contribution in [0.5, 0.6) is 0 Å². The zero-order valence-corrected chi connectivity index (χ0v) is 19.4. The number of nitrogens with two attached hydrogens (primary N) is 1. The monoisotopic (exact) mass is 557 g/mol. The first-order valence-corrected chi connectivity index (χ1v) is 13.3. The van der Waals surface area contributed by atoms with Crippen molar-refractivity contribution in [2.75, 3.05) is 6.61 Å². The standard InChI is InChI=1S/C11H18N3O15P3S/c12-6(15)1-4-2-14(11(33)13-9(4)18)10-8(17)7(16)5(27-10)3-26-31(22,23)29-32(24,25)28-30(19,20)21/h2,5,7-8,10,16-17H,1,3H2,(H2,12,15)(H,22,23)(H,24,25)(H,13,18,33)(H2,19,20,21)/t5-,7-,8-,10-/m1/s1. The van der Waals surface area contributed by atoms with E-state index in [2.05, 4.69) is 18.1 Å². The number of ether oxygens (including phenoxy) is 1. The van der Waals surface area contributed by atoms with Crippen molar-refractivity contribution in [2.45, 2.75) is 31.0 Å². The first kappa shape index (κ1) is 28.1.